The molecule has 1 aliphatic heterocycles. The molecular formula is C17H19BrF3NO2. The molecule has 1 aromatic carbocycles. The van der Waals surface area contributed by atoms with Crippen molar-refractivity contribution in [3.8, 4) is 5.75 Å². The summed E-state index contributed by atoms with van der Waals surface area (Å²) >= 11 is 3.36. The Balaban J connectivity index is 1.48. The van der Waals surface area contributed by atoms with Crippen LogP contribution in [0.5, 0.6) is 5.75 Å². The van der Waals surface area contributed by atoms with Crippen LogP contribution in [-0.4, -0.2) is 36.7 Å². The van der Waals surface area contributed by atoms with Crippen LogP contribution in [-0.2, 0) is 4.79 Å². The lowest BCUT2D eigenvalue weighted by molar-refractivity contribution is -0.199. The number of carbonyl (C=O) groups excluding carboxylic acids is 1. The number of ether oxygens (including phenoxy) is 1. The van der Waals surface area contributed by atoms with E-state index >= 15 is 0 Å². The lowest BCUT2D eigenvalue weighted by Crippen LogP contribution is -2.47. The zero-order valence-electron chi connectivity index (χ0n) is 13.1. The topological polar surface area (TPSA) is 29.5 Å². The quantitative estimate of drug-likeness (QED) is 0.742. The Labute approximate surface area is 147 Å². The summed E-state index contributed by atoms with van der Waals surface area (Å²) < 4.78 is 45.8. The number of likely N-dealkylation sites (tertiary alicyclic amines) is 1. The number of carbonyl (C=O) groups is 1. The Bertz CT molecular complexity index is 591. The molecule has 3 nitrogen and oxygen atoms in total. The second-order valence-electron chi connectivity index (χ2n) is 6.58. The second-order valence-corrected chi connectivity index (χ2v) is 7.50. The van der Waals surface area contributed by atoms with Gasteiger partial charge in [-0.05, 0) is 55.9 Å². The maximum absolute atomic E-state index is 13.0. The van der Waals surface area contributed by atoms with E-state index in [-0.39, 0.29) is 18.8 Å². The van der Waals surface area contributed by atoms with Crippen molar-refractivity contribution in [1.29, 1.82) is 0 Å². The van der Waals surface area contributed by atoms with Gasteiger partial charge in [0, 0.05) is 17.6 Å². The van der Waals surface area contributed by atoms with Crippen molar-refractivity contribution in [2.24, 2.45) is 11.3 Å². The Morgan fingerprint density at radius 1 is 1.21 bits per heavy atom. The molecule has 0 aromatic heterocycles. The Morgan fingerprint density at radius 3 is 2.29 bits per heavy atom. The van der Waals surface area contributed by atoms with Crippen molar-refractivity contribution in [1.82, 2.24) is 4.90 Å². The first-order valence-electron chi connectivity index (χ1n) is 8.06. The van der Waals surface area contributed by atoms with Gasteiger partial charge in [-0.3, -0.25) is 4.79 Å². The zero-order valence-corrected chi connectivity index (χ0v) is 14.7. The number of piperidine rings is 1. The molecule has 1 aliphatic carbocycles. The monoisotopic (exact) mass is 405 g/mol. The normalized spacial score (nSPS) is 20.8. The first-order chi connectivity index (χ1) is 11.3. The molecule has 1 saturated carbocycles. The largest absolute Gasteiger partial charge is 0.493 e. The summed E-state index contributed by atoms with van der Waals surface area (Å²) in [7, 11) is 0. The lowest BCUT2D eigenvalue weighted by atomic mass is 9.95. The van der Waals surface area contributed by atoms with Gasteiger partial charge in [-0.15, -0.1) is 0 Å². The number of halogens is 4. The standard InChI is InChI=1S/C17H19BrF3NO2/c18-13-1-3-14(4-2-13)24-11-12-5-9-22(10-6-12)15(23)16(7-8-16)17(19,20)21/h1-4,12H,5-11H2. The summed E-state index contributed by atoms with van der Waals surface area (Å²) in [5.74, 6) is 0.298. The van der Waals surface area contributed by atoms with Crippen LogP contribution in [0.3, 0.4) is 0 Å². The third-order valence-electron chi connectivity index (χ3n) is 4.90. The minimum atomic E-state index is -4.42. The van der Waals surface area contributed by atoms with Gasteiger partial charge in [0.15, 0.2) is 0 Å². The van der Waals surface area contributed by atoms with Gasteiger partial charge < -0.3 is 9.64 Å². The minimum Gasteiger partial charge on any atom is -0.493 e. The summed E-state index contributed by atoms with van der Waals surface area (Å²) in [5, 5.41) is 0. The van der Waals surface area contributed by atoms with Gasteiger partial charge in [0.25, 0.3) is 0 Å². The molecule has 0 unspecified atom stereocenters. The van der Waals surface area contributed by atoms with E-state index in [2.05, 4.69) is 15.9 Å². The highest BCUT2D eigenvalue weighted by Crippen LogP contribution is 2.58. The van der Waals surface area contributed by atoms with Gasteiger partial charge >= 0.3 is 6.18 Å². The molecule has 7 heteroatoms. The van der Waals surface area contributed by atoms with Gasteiger partial charge in [-0.1, -0.05) is 15.9 Å². The van der Waals surface area contributed by atoms with Crippen LogP contribution in [0.15, 0.2) is 28.7 Å². The molecular weight excluding hydrogens is 387 g/mol. The number of amides is 1. The Morgan fingerprint density at radius 2 is 1.79 bits per heavy atom. The zero-order chi connectivity index (χ0) is 17.4. The Kier molecular flexibility index (Phi) is 4.82. The molecule has 132 valence electrons. The summed E-state index contributed by atoms with van der Waals surface area (Å²) in [5.41, 5.74) is -2.09. The number of benzene rings is 1. The van der Waals surface area contributed by atoms with E-state index in [4.69, 9.17) is 4.74 Å². The lowest BCUT2D eigenvalue weighted by Gasteiger charge is -2.34. The summed E-state index contributed by atoms with van der Waals surface area (Å²) in [6, 6.07) is 7.51. The molecule has 0 radical (unpaired) electrons. The van der Waals surface area contributed by atoms with Gasteiger partial charge in [0.1, 0.15) is 11.2 Å². The fourth-order valence-corrected chi connectivity index (χ4v) is 3.36. The molecule has 0 spiro atoms. The number of rotatable bonds is 4. The van der Waals surface area contributed by atoms with Crippen LogP contribution in [0.25, 0.3) is 0 Å². The summed E-state index contributed by atoms with van der Waals surface area (Å²) in [6.07, 6.45) is -3.21. The molecule has 1 heterocycles. The molecule has 0 N–H and O–H groups in total. The molecule has 2 aliphatic rings. The fraction of sp³-hybridized carbons (Fsp3) is 0.588. The molecule has 0 bridgehead atoms. The molecule has 24 heavy (non-hydrogen) atoms. The molecule has 1 aromatic rings. The highest BCUT2D eigenvalue weighted by Gasteiger charge is 2.69. The van der Waals surface area contributed by atoms with E-state index in [9.17, 15) is 18.0 Å². The van der Waals surface area contributed by atoms with E-state index in [1.165, 1.54) is 4.90 Å². The van der Waals surface area contributed by atoms with Crippen LogP contribution in [0.1, 0.15) is 25.7 Å². The van der Waals surface area contributed by atoms with Crippen molar-refractivity contribution < 1.29 is 22.7 Å². The average Bonchev–Trinajstić information content (AvgIpc) is 3.36. The highest BCUT2D eigenvalue weighted by atomic mass is 79.9. The average molecular weight is 406 g/mol. The smallest absolute Gasteiger partial charge is 0.403 e. The fourth-order valence-electron chi connectivity index (χ4n) is 3.09. The molecule has 0 atom stereocenters. The van der Waals surface area contributed by atoms with Crippen LogP contribution < -0.4 is 4.74 Å². The second kappa shape index (κ2) is 6.58. The van der Waals surface area contributed by atoms with Crippen molar-refractivity contribution in [2.75, 3.05) is 19.7 Å². The SMILES string of the molecule is O=C(N1CCC(COc2ccc(Br)cc2)CC1)C1(C(F)(F)F)CC1. The van der Waals surface area contributed by atoms with Crippen LogP contribution in [0.2, 0.25) is 0 Å². The molecule has 1 saturated heterocycles. The maximum Gasteiger partial charge on any atom is 0.403 e. The van der Waals surface area contributed by atoms with Gasteiger partial charge in [0.05, 0.1) is 6.61 Å². The van der Waals surface area contributed by atoms with Crippen LogP contribution >= 0.6 is 15.9 Å². The number of nitrogens with zero attached hydrogens (tertiary/aromatic N) is 1. The van der Waals surface area contributed by atoms with Gasteiger partial charge in [-0.2, -0.15) is 13.2 Å². The molecule has 2 fully saturated rings. The van der Waals surface area contributed by atoms with Crippen LogP contribution in [0, 0.1) is 11.3 Å². The van der Waals surface area contributed by atoms with Crippen molar-refractivity contribution >= 4 is 21.8 Å². The van der Waals surface area contributed by atoms with Crippen molar-refractivity contribution in [2.45, 2.75) is 31.9 Å². The van der Waals surface area contributed by atoms with E-state index in [0.29, 0.717) is 32.5 Å². The third kappa shape index (κ3) is 3.55. The van der Waals surface area contributed by atoms with E-state index < -0.39 is 17.5 Å². The first kappa shape index (κ1) is 17.6. The van der Waals surface area contributed by atoms with Crippen molar-refractivity contribution in [3.63, 3.8) is 0 Å². The summed E-state index contributed by atoms with van der Waals surface area (Å²) in [6.45, 7) is 1.28. The first-order valence-corrected chi connectivity index (χ1v) is 8.86. The third-order valence-corrected chi connectivity index (χ3v) is 5.43. The number of alkyl halides is 3. The van der Waals surface area contributed by atoms with Crippen LogP contribution in [0.4, 0.5) is 13.2 Å². The van der Waals surface area contributed by atoms with Crippen molar-refractivity contribution in [3.05, 3.63) is 28.7 Å². The Hall–Kier alpha value is -1.24. The minimum absolute atomic E-state index is 0.0675. The molecule has 1 amide bonds. The van der Waals surface area contributed by atoms with E-state index in [1.54, 1.807) is 0 Å². The molecule has 3 rings (SSSR count). The number of hydrogen-bond donors (Lipinski definition) is 0. The summed E-state index contributed by atoms with van der Waals surface area (Å²) in [4.78, 5) is 13.6. The predicted octanol–water partition coefficient (Wildman–Crippen LogP) is 4.41. The van der Waals surface area contributed by atoms with E-state index in [0.717, 1.165) is 10.2 Å². The highest BCUT2D eigenvalue weighted by molar-refractivity contribution is 9.10. The van der Waals surface area contributed by atoms with Gasteiger partial charge in [0.2, 0.25) is 5.91 Å². The van der Waals surface area contributed by atoms with E-state index in [1.807, 2.05) is 24.3 Å². The van der Waals surface area contributed by atoms with Gasteiger partial charge in [-0.25, -0.2) is 0 Å². The predicted molar refractivity (Wildman–Crippen MR) is 86.7 cm³/mol. The number of hydrogen-bond acceptors (Lipinski definition) is 2. The maximum atomic E-state index is 13.0.